The Morgan fingerprint density at radius 3 is 2.23 bits per heavy atom. The van der Waals surface area contributed by atoms with Crippen molar-refractivity contribution in [2.75, 3.05) is 6.61 Å². The van der Waals surface area contributed by atoms with Gasteiger partial charge in [-0.1, -0.05) is 24.3 Å². The summed E-state index contributed by atoms with van der Waals surface area (Å²) < 4.78 is 33.5. The molecule has 0 radical (unpaired) electrons. The van der Waals surface area contributed by atoms with Gasteiger partial charge in [-0.25, -0.2) is 8.78 Å². The monoisotopic (exact) mass is 426 g/mol. The van der Waals surface area contributed by atoms with Crippen molar-refractivity contribution in [1.29, 1.82) is 0 Å². The molecule has 0 heterocycles. The SMILES string of the molecule is CCOC1CCC2CC(C3CCC(c4ccc5c(F)c(F)ccc5c4)CC3)CCC2C1. The molecule has 1 nitrogen and oxygen atoms in total. The smallest absolute Gasteiger partial charge is 0.166 e. The average Bonchev–Trinajstić information content (AvgIpc) is 2.81. The summed E-state index contributed by atoms with van der Waals surface area (Å²) in [4.78, 5) is 0. The Morgan fingerprint density at radius 1 is 0.774 bits per heavy atom. The van der Waals surface area contributed by atoms with Crippen molar-refractivity contribution in [1.82, 2.24) is 0 Å². The number of hydrogen-bond donors (Lipinski definition) is 0. The van der Waals surface area contributed by atoms with Crippen LogP contribution in [-0.2, 0) is 4.74 Å². The Kier molecular flexibility index (Phi) is 6.32. The summed E-state index contributed by atoms with van der Waals surface area (Å²) in [6.45, 7) is 2.98. The van der Waals surface area contributed by atoms with E-state index in [-0.39, 0.29) is 0 Å². The van der Waals surface area contributed by atoms with E-state index >= 15 is 0 Å². The van der Waals surface area contributed by atoms with Gasteiger partial charge < -0.3 is 4.74 Å². The second kappa shape index (κ2) is 9.17. The lowest BCUT2D eigenvalue weighted by Gasteiger charge is -2.45. The maximum Gasteiger partial charge on any atom is 0.166 e. The van der Waals surface area contributed by atoms with E-state index in [0.717, 1.165) is 35.7 Å². The molecule has 4 atom stereocenters. The van der Waals surface area contributed by atoms with Crippen LogP contribution in [0.1, 0.15) is 82.6 Å². The lowest BCUT2D eigenvalue weighted by atomic mass is 9.62. The number of halogens is 2. The molecular formula is C28H36F2O. The third kappa shape index (κ3) is 4.40. The standard InChI is InChI=1S/C28H36F2O/c1-2-31-25-12-9-22-15-20(7-8-23(22)17-25)18-3-5-19(6-4-18)21-10-13-26-24(16-21)11-14-27(29)28(26)30/h10-11,13-14,16,18-20,22-23,25H,2-9,12,15,17H2,1H3. The van der Waals surface area contributed by atoms with E-state index in [1.165, 1.54) is 75.8 Å². The van der Waals surface area contributed by atoms with Crippen LogP contribution >= 0.6 is 0 Å². The van der Waals surface area contributed by atoms with Crippen LogP contribution in [0, 0.1) is 35.3 Å². The number of ether oxygens (including phenoxy) is 1. The van der Waals surface area contributed by atoms with Gasteiger partial charge in [-0.3, -0.25) is 0 Å². The maximum absolute atomic E-state index is 14.0. The molecule has 0 aliphatic heterocycles. The van der Waals surface area contributed by atoms with Gasteiger partial charge in [0.1, 0.15) is 0 Å². The largest absolute Gasteiger partial charge is 0.378 e. The normalized spacial score (nSPS) is 33.9. The van der Waals surface area contributed by atoms with Crippen molar-refractivity contribution >= 4 is 10.8 Å². The molecule has 3 saturated carbocycles. The molecule has 0 amide bonds. The first-order valence-corrected chi connectivity index (χ1v) is 12.6. The van der Waals surface area contributed by atoms with Crippen LogP contribution in [-0.4, -0.2) is 12.7 Å². The maximum atomic E-state index is 14.0. The molecule has 3 aliphatic rings. The highest BCUT2D eigenvalue weighted by Crippen LogP contribution is 2.49. The van der Waals surface area contributed by atoms with Crippen molar-refractivity contribution in [3.8, 4) is 0 Å². The molecule has 3 aliphatic carbocycles. The van der Waals surface area contributed by atoms with Gasteiger partial charge in [0, 0.05) is 12.0 Å². The van der Waals surface area contributed by atoms with E-state index < -0.39 is 11.6 Å². The lowest BCUT2D eigenvalue weighted by molar-refractivity contribution is -0.0205. The molecular weight excluding hydrogens is 390 g/mol. The number of hydrogen-bond acceptors (Lipinski definition) is 1. The second-order valence-electron chi connectivity index (χ2n) is 10.4. The van der Waals surface area contributed by atoms with E-state index in [0.29, 0.717) is 17.4 Å². The number of benzene rings is 2. The minimum atomic E-state index is -0.762. The Morgan fingerprint density at radius 2 is 1.45 bits per heavy atom. The van der Waals surface area contributed by atoms with Crippen LogP contribution < -0.4 is 0 Å². The van der Waals surface area contributed by atoms with Gasteiger partial charge >= 0.3 is 0 Å². The third-order valence-corrected chi connectivity index (χ3v) is 8.85. The van der Waals surface area contributed by atoms with Crippen LogP contribution in [0.2, 0.25) is 0 Å². The zero-order valence-corrected chi connectivity index (χ0v) is 18.8. The molecule has 0 spiro atoms. The first-order chi connectivity index (χ1) is 15.1. The minimum Gasteiger partial charge on any atom is -0.378 e. The predicted octanol–water partition coefficient (Wildman–Crippen LogP) is 8.01. The highest BCUT2D eigenvalue weighted by atomic mass is 19.2. The quantitative estimate of drug-likeness (QED) is 0.481. The Bertz CT molecular complexity index is 901. The van der Waals surface area contributed by atoms with Crippen LogP contribution in [0.15, 0.2) is 30.3 Å². The highest BCUT2D eigenvalue weighted by molar-refractivity contribution is 5.84. The fourth-order valence-corrected chi connectivity index (χ4v) is 7.16. The summed E-state index contributed by atoms with van der Waals surface area (Å²) in [6.07, 6.45) is 13.8. The molecule has 2 aromatic rings. The molecule has 0 N–H and O–H groups in total. The summed E-state index contributed by atoms with van der Waals surface area (Å²) in [7, 11) is 0. The van der Waals surface area contributed by atoms with Gasteiger partial charge in [0.2, 0.25) is 0 Å². The summed E-state index contributed by atoms with van der Waals surface area (Å²) in [5.74, 6) is 2.71. The van der Waals surface area contributed by atoms with E-state index in [4.69, 9.17) is 4.74 Å². The molecule has 5 rings (SSSR count). The summed E-state index contributed by atoms with van der Waals surface area (Å²) in [5, 5.41) is 1.22. The molecule has 2 aromatic carbocycles. The first-order valence-electron chi connectivity index (χ1n) is 12.6. The Labute approximate surface area is 185 Å². The van der Waals surface area contributed by atoms with Gasteiger partial charge in [-0.2, -0.15) is 0 Å². The fraction of sp³-hybridized carbons (Fsp3) is 0.643. The van der Waals surface area contributed by atoms with E-state index in [9.17, 15) is 8.78 Å². The van der Waals surface area contributed by atoms with Gasteiger partial charge in [-0.05, 0) is 118 Å². The molecule has 3 heteroatoms. The number of fused-ring (bicyclic) bond motifs is 2. The first kappa shape index (κ1) is 21.4. The van der Waals surface area contributed by atoms with Crippen LogP contribution in [0.25, 0.3) is 10.8 Å². The van der Waals surface area contributed by atoms with Crippen molar-refractivity contribution in [2.24, 2.45) is 23.7 Å². The average molecular weight is 427 g/mol. The van der Waals surface area contributed by atoms with Crippen molar-refractivity contribution < 1.29 is 13.5 Å². The molecule has 4 unspecified atom stereocenters. The second-order valence-corrected chi connectivity index (χ2v) is 10.4. The van der Waals surface area contributed by atoms with Crippen molar-refractivity contribution in [3.05, 3.63) is 47.5 Å². The fourth-order valence-electron chi connectivity index (χ4n) is 7.16. The third-order valence-electron chi connectivity index (χ3n) is 8.85. The molecule has 3 fully saturated rings. The topological polar surface area (TPSA) is 9.23 Å². The zero-order valence-electron chi connectivity index (χ0n) is 18.8. The molecule has 0 bridgehead atoms. The van der Waals surface area contributed by atoms with E-state index in [1.54, 1.807) is 12.1 Å². The van der Waals surface area contributed by atoms with Crippen molar-refractivity contribution in [3.63, 3.8) is 0 Å². The molecule has 0 saturated heterocycles. The summed E-state index contributed by atoms with van der Waals surface area (Å²) in [5.41, 5.74) is 1.30. The Hall–Kier alpha value is -1.48. The van der Waals surface area contributed by atoms with Crippen LogP contribution in [0.5, 0.6) is 0 Å². The van der Waals surface area contributed by atoms with Gasteiger partial charge in [-0.15, -0.1) is 0 Å². The van der Waals surface area contributed by atoms with E-state index in [2.05, 4.69) is 13.0 Å². The van der Waals surface area contributed by atoms with E-state index in [1.807, 2.05) is 6.07 Å². The molecule has 0 aromatic heterocycles. The van der Waals surface area contributed by atoms with Gasteiger partial charge in [0.05, 0.1) is 6.10 Å². The summed E-state index contributed by atoms with van der Waals surface area (Å²) in [6, 6.07) is 8.84. The van der Waals surface area contributed by atoms with Crippen LogP contribution in [0.4, 0.5) is 8.78 Å². The molecule has 168 valence electrons. The number of rotatable bonds is 4. The van der Waals surface area contributed by atoms with Gasteiger partial charge in [0.25, 0.3) is 0 Å². The molecule has 31 heavy (non-hydrogen) atoms. The van der Waals surface area contributed by atoms with Gasteiger partial charge in [0.15, 0.2) is 11.6 Å². The summed E-state index contributed by atoms with van der Waals surface area (Å²) >= 11 is 0. The predicted molar refractivity (Wildman–Crippen MR) is 122 cm³/mol. The van der Waals surface area contributed by atoms with Crippen LogP contribution in [0.3, 0.4) is 0 Å². The van der Waals surface area contributed by atoms with Crippen molar-refractivity contribution in [2.45, 2.75) is 83.2 Å². The Balaban J connectivity index is 1.18. The lowest BCUT2D eigenvalue weighted by Crippen LogP contribution is -2.36. The minimum absolute atomic E-state index is 0.397. The zero-order chi connectivity index (χ0) is 21.4. The highest BCUT2D eigenvalue weighted by Gasteiger charge is 2.39.